The van der Waals surface area contributed by atoms with Crippen LogP contribution in [-0.4, -0.2) is 52.3 Å². The Morgan fingerprint density at radius 2 is 1.86 bits per heavy atom. The molecule has 5 rings (SSSR count). The SMILES string of the molecule is O=C(NCC(F)(F)F)Nc1cccc(-c2cnc3cc(-c4ccc(OC5CCNCC5)nc4)ccn23)c1. The van der Waals surface area contributed by atoms with E-state index in [4.69, 9.17) is 4.74 Å². The Balaban J connectivity index is 1.30. The Labute approximate surface area is 210 Å². The molecule has 0 spiro atoms. The predicted molar refractivity (Wildman–Crippen MR) is 133 cm³/mol. The summed E-state index contributed by atoms with van der Waals surface area (Å²) in [6, 6.07) is 13.6. The highest BCUT2D eigenvalue weighted by Gasteiger charge is 2.27. The largest absolute Gasteiger partial charge is 0.474 e. The molecule has 8 nitrogen and oxygen atoms in total. The molecular weight excluding hydrogens is 485 g/mol. The third-order valence-corrected chi connectivity index (χ3v) is 6.02. The van der Waals surface area contributed by atoms with Crippen LogP contribution in [0.4, 0.5) is 23.7 Å². The molecule has 1 aromatic carbocycles. The molecule has 1 fully saturated rings. The summed E-state index contributed by atoms with van der Waals surface area (Å²) in [6.07, 6.45) is 3.01. The number of carbonyl (C=O) groups excluding carboxylic acids is 1. The van der Waals surface area contributed by atoms with Crippen LogP contribution in [0, 0.1) is 0 Å². The quantitative estimate of drug-likeness (QED) is 0.344. The van der Waals surface area contributed by atoms with Gasteiger partial charge in [0.05, 0.1) is 11.9 Å². The first-order valence-corrected chi connectivity index (χ1v) is 11.9. The molecule has 3 N–H and O–H groups in total. The molecule has 0 saturated carbocycles. The zero-order valence-corrected chi connectivity index (χ0v) is 19.8. The van der Waals surface area contributed by atoms with Gasteiger partial charge in [-0.25, -0.2) is 14.8 Å². The summed E-state index contributed by atoms with van der Waals surface area (Å²) in [4.78, 5) is 20.8. The Hall–Kier alpha value is -4.12. The molecule has 11 heteroatoms. The summed E-state index contributed by atoms with van der Waals surface area (Å²) in [7, 11) is 0. The van der Waals surface area contributed by atoms with Crippen molar-refractivity contribution in [1.29, 1.82) is 0 Å². The normalized spacial score (nSPS) is 14.5. The van der Waals surface area contributed by atoms with E-state index in [0.717, 1.165) is 48.3 Å². The van der Waals surface area contributed by atoms with Gasteiger partial charge in [-0.3, -0.25) is 4.40 Å². The number of benzene rings is 1. The second kappa shape index (κ2) is 10.5. The van der Waals surface area contributed by atoms with Gasteiger partial charge in [0.1, 0.15) is 18.3 Å². The number of piperidine rings is 1. The van der Waals surface area contributed by atoms with E-state index in [0.29, 0.717) is 17.2 Å². The van der Waals surface area contributed by atoms with Gasteiger partial charge in [-0.2, -0.15) is 13.2 Å². The fourth-order valence-electron chi connectivity index (χ4n) is 4.19. The van der Waals surface area contributed by atoms with Crippen molar-refractivity contribution in [3.8, 4) is 28.3 Å². The number of carbonyl (C=O) groups is 1. The van der Waals surface area contributed by atoms with E-state index >= 15 is 0 Å². The number of nitrogens with zero attached hydrogens (tertiary/aromatic N) is 3. The Bertz CT molecular complexity index is 1380. The number of amides is 2. The number of urea groups is 1. The van der Waals surface area contributed by atoms with Gasteiger partial charge in [-0.05, 0) is 61.8 Å². The van der Waals surface area contributed by atoms with Gasteiger partial charge in [-0.1, -0.05) is 12.1 Å². The van der Waals surface area contributed by atoms with Crippen LogP contribution in [0.2, 0.25) is 0 Å². The molecule has 2 amide bonds. The van der Waals surface area contributed by atoms with Crippen molar-refractivity contribution in [2.75, 3.05) is 25.0 Å². The van der Waals surface area contributed by atoms with Gasteiger partial charge < -0.3 is 20.7 Å². The number of halogens is 3. The number of anilines is 1. The molecule has 0 radical (unpaired) electrons. The zero-order valence-electron chi connectivity index (χ0n) is 19.8. The summed E-state index contributed by atoms with van der Waals surface area (Å²) in [5, 5.41) is 7.53. The van der Waals surface area contributed by atoms with Crippen molar-refractivity contribution >= 4 is 17.4 Å². The van der Waals surface area contributed by atoms with Crippen molar-refractivity contribution in [2.45, 2.75) is 25.1 Å². The number of aromatic nitrogens is 3. The van der Waals surface area contributed by atoms with Crippen molar-refractivity contribution < 1.29 is 22.7 Å². The maximum Gasteiger partial charge on any atom is 0.405 e. The van der Waals surface area contributed by atoms with Crippen molar-refractivity contribution in [3.63, 3.8) is 0 Å². The van der Waals surface area contributed by atoms with E-state index in [1.165, 1.54) is 0 Å². The van der Waals surface area contributed by atoms with Gasteiger partial charge in [0.2, 0.25) is 5.88 Å². The lowest BCUT2D eigenvalue weighted by molar-refractivity contribution is -0.122. The van der Waals surface area contributed by atoms with Crippen molar-refractivity contribution in [3.05, 3.63) is 67.1 Å². The number of imidazole rings is 1. The highest BCUT2D eigenvalue weighted by atomic mass is 19.4. The van der Waals surface area contributed by atoms with E-state index in [9.17, 15) is 18.0 Å². The number of hydrogen-bond donors (Lipinski definition) is 3. The number of nitrogens with one attached hydrogen (secondary N) is 3. The first-order chi connectivity index (χ1) is 17.8. The van der Waals surface area contributed by atoms with E-state index in [1.807, 2.05) is 40.9 Å². The number of hydrogen-bond acceptors (Lipinski definition) is 5. The maximum atomic E-state index is 12.3. The fourth-order valence-corrected chi connectivity index (χ4v) is 4.19. The van der Waals surface area contributed by atoms with E-state index in [1.54, 1.807) is 35.9 Å². The Morgan fingerprint density at radius 1 is 1.03 bits per heavy atom. The molecule has 0 unspecified atom stereocenters. The topological polar surface area (TPSA) is 92.6 Å². The second-order valence-corrected chi connectivity index (χ2v) is 8.74. The van der Waals surface area contributed by atoms with Gasteiger partial charge >= 0.3 is 12.2 Å². The minimum atomic E-state index is -4.48. The molecule has 3 aromatic heterocycles. The molecule has 1 saturated heterocycles. The number of pyridine rings is 2. The predicted octanol–water partition coefficient (Wildman–Crippen LogP) is 4.88. The Morgan fingerprint density at radius 3 is 2.62 bits per heavy atom. The lowest BCUT2D eigenvalue weighted by Crippen LogP contribution is -2.36. The highest BCUT2D eigenvalue weighted by molar-refractivity contribution is 5.90. The third-order valence-electron chi connectivity index (χ3n) is 6.02. The van der Waals surface area contributed by atoms with Crippen LogP contribution >= 0.6 is 0 Å². The van der Waals surface area contributed by atoms with Crippen molar-refractivity contribution in [1.82, 2.24) is 25.0 Å². The molecular formula is C26H25F3N6O2. The highest BCUT2D eigenvalue weighted by Crippen LogP contribution is 2.27. The number of ether oxygens (including phenoxy) is 1. The van der Waals surface area contributed by atoms with Crippen LogP contribution in [0.3, 0.4) is 0 Å². The molecule has 0 aliphatic carbocycles. The number of fused-ring (bicyclic) bond motifs is 1. The third kappa shape index (κ3) is 6.18. The summed E-state index contributed by atoms with van der Waals surface area (Å²) in [5.74, 6) is 0.611. The lowest BCUT2D eigenvalue weighted by Gasteiger charge is -2.23. The van der Waals surface area contributed by atoms with Gasteiger partial charge in [0, 0.05) is 35.3 Å². The van der Waals surface area contributed by atoms with Gasteiger partial charge in [0.15, 0.2) is 0 Å². The van der Waals surface area contributed by atoms with E-state index < -0.39 is 18.8 Å². The first-order valence-electron chi connectivity index (χ1n) is 11.9. The first kappa shape index (κ1) is 24.6. The van der Waals surface area contributed by atoms with Crippen LogP contribution in [0.25, 0.3) is 28.0 Å². The van der Waals surface area contributed by atoms with Crippen LogP contribution in [-0.2, 0) is 0 Å². The smallest absolute Gasteiger partial charge is 0.405 e. The molecule has 37 heavy (non-hydrogen) atoms. The summed E-state index contributed by atoms with van der Waals surface area (Å²) >= 11 is 0. The Kier molecular flexibility index (Phi) is 6.95. The minimum Gasteiger partial charge on any atom is -0.474 e. The molecule has 0 atom stereocenters. The lowest BCUT2D eigenvalue weighted by atomic mass is 10.1. The van der Waals surface area contributed by atoms with Crippen molar-refractivity contribution in [2.24, 2.45) is 0 Å². The standard InChI is InChI=1S/C26H25F3N6O2/c27-26(28,29)16-33-25(36)34-20-3-1-2-18(12-20)22-15-31-23-13-17(8-11-35(22)23)19-4-5-24(32-14-19)37-21-6-9-30-10-7-21/h1-5,8,11-15,21,30H,6-7,9-10,16H2,(H2,33,34,36). The van der Waals surface area contributed by atoms with Crippen LogP contribution in [0.15, 0.2) is 67.1 Å². The summed E-state index contributed by atoms with van der Waals surface area (Å²) < 4.78 is 44.9. The van der Waals surface area contributed by atoms with Crippen LogP contribution < -0.4 is 20.7 Å². The molecule has 4 heterocycles. The number of rotatable bonds is 6. The second-order valence-electron chi connectivity index (χ2n) is 8.74. The van der Waals surface area contributed by atoms with E-state index in [2.05, 4.69) is 20.6 Å². The fraction of sp³-hybridized carbons (Fsp3) is 0.269. The molecule has 0 bridgehead atoms. The number of alkyl halides is 3. The molecule has 192 valence electrons. The van der Waals surface area contributed by atoms with E-state index in [-0.39, 0.29) is 6.10 Å². The molecule has 1 aliphatic rings. The minimum absolute atomic E-state index is 0.183. The summed E-state index contributed by atoms with van der Waals surface area (Å²) in [5.41, 5.74) is 4.47. The zero-order chi connectivity index (χ0) is 25.8. The summed E-state index contributed by atoms with van der Waals surface area (Å²) in [6.45, 7) is 0.498. The van der Waals surface area contributed by atoms with Crippen LogP contribution in [0.1, 0.15) is 12.8 Å². The monoisotopic (exact) mass is 510 g/mol. The molecule has 4 aromatic rings. The van der Waals surface area contributed by atoms with Gasteiger partial charge in [0.25, 0.3) is 0 Å². The van der Waals surface area contributed by atoms with Gasteiger partial charge in [-0.15, -0.1) is 0 Å². The van der Waals surface area contributed by atoms with Crippen LogP contribution in [0.5, 0.6) is 5.88 Å². The average molecular weight is 511 g/mol. The average Bonchev–Trinajstić information content (AvgIpc) is 3.32. The maximum absolute atomic E-state index is 12.3. The molecule has 1 aliphatic heterocycles.